The maximum absolute atomic E-state index is 12.2. The maximum Gasteiger partial charge on any atom is 0.268 e. The minimum Gasteiger partial charge on any atom is -0.345 e. The SMILES string of the molecule is C[C@@H](NC(=O)c1cc(Cl)cn1C)c1ccc(S(N)(=O)=O)cc1. The van der Waals surface area contributed by atoms with E-state index in [1.54, 1.807) is 42.9 Å². The molecule has 0 saturated heterocycles. The van der Waals surface area contributed by atoms with Crippen molar-refractivity contribution in [3.8, 4) is 0 Å². The van der Waals surface area contributed by atoms with Crippen LogP contribution in [0.25, 0.3) is 0 Å². The minimum absolute atomic E-state index is 0.0315. The molecule has 2 aromatic rings. The first-order valence-electron chi connectivity index (χ1n) is 6.44. The van der Waals surface area contributed by atoms with Crippen molar-refractivity contribution in [3.63, 3.8) is 0 Å². The number of aryl methyl sites for hydroxylation is 1. The van der Waals surface area contributed by atoms with Crippen molar-refractivity contribution in [2.45, 2.75) is 17.9 Å². The summed E-state index contributed by atoms with van der Waals surface area (Å²) in [6.45, 7) is 1.80. The molecule has 0 bridgehead atoms. The summed E-state index contributed by atoms with van der Waals surface area (Å²) in [7, 11) is -1.99. The Morgan fingerprint density at radius 2 is 1.91 bits per heavy atom. The van der Waals surface area contributed by atoms with Crippen molar-refractivity contribution in [2.75, 3.05) is 0 Å². The number of nitrogens with two attached hydrogens (primary N) is 1. The molecule has 8 heteroatoms. The smallest absolute Gasteiger partial charge is 0.268 e. The van der Waals surface area contributed by atoms with Crippen LogP contribution in [0.3, 0.4) is 0 Å². The van der Waals surface area contributed by atoms with Gasteiger partial charge in [-0.3, -0.25) is 4.79 Å². The number of rotatable bonds is 4. The zero-order valence-electron chi connectivity index (χ0n) is 12.1. The first-order valence-corrected chi connectivity index (χ1v) is 8.36. The Morgan fingerprint density at radius 1 is 1.32 bits per heavy atom. The molecule has 0 aliphatic rings. The lowest BCUT2D eigenvalue weighted by Crippen LogP contribution is -2.28. The molecule has 0 fully saturated rings. The Morgan fingerprint density at radius 3 is 2.36 bits per heavy atom. The molecule has 2 rings (SSSR count). The van der Waals surface area contributed by atoms with Crippen LogP contribution in [0.15, 0.2) is 41.4 Å². The Labute approximate surface area is 133 Å². The van der Waals surface area contributed by atoms with E-state index < -0.39 is 10.0 Å². The molecular formula is C14H16ClN3O3S. The number of nitrogens with zero attached hydrogens (tertiary/aromatic N) is 1. The number of carbonyl (C=O) groups excluding carboxylic acids is 1. The molecule has 0 radical (unpaired) electrons. The third-order valence-corrected chi connectivity index (χ3v) is 4.40. The van der Waals surface area contributed by atoms with Gasteiger partial charge < -0.3 is 9.88 Å². The number of aromatic nitrogens is 1. The van der Waals surface area contributed by atoms with Crippen molar-refractivity contribution >= 4 is 27.5 Å². The fourth-order valence-electron chi connectivity index (χ4n) is 2.05. The molecule has 1 heterocycles. The standard InChI is InChI=1S/C14H16ClN3O3S/c1-9(10-3-5-12(6-4-10)22(16,20)21)17-14(19)13-7-11(15)8-18(13)2/h3-9H,1-2H3,(H,17,19)(H2,16,20,21)/t9-/m1/s1. The van der Waals surface area contributed by atoms with Gasteiger partial charge in [-0.05, 0) is 30.7 Å². The van der Waals surface area contributed by atoms with Gasteiger partial charge in [-0.15, -0.1) is 0 Å². The van der Waals surface area contributed by atoms with E-state index in [4.69, 9.17) is 16.7 Å². The summed E-state index contributed by atoms with van der Waals surface area (Å²) < 4.78 is 24.1. The summed E-state index contributed by atoms with van der Waals surface area (Å²) in [6.07, 6.45) is 1.64. The second-order valence-electron chi connectivity index (χ2n) is 4.96. The maximum atomic E-state index is 12.2. The molecule has 0 aliphatic heterocycles. The Balaban J connectivity index is 2.14. The van der Waals surface area contributed by atoms with Gasteiger partial charge in [0.05, 0.1) is 16.0 Å². The average Bonchev–Trinajstić information content (AvgIpc) is 2.77. The second-order valence-corrected chi connectivity index (χ2v) is 6.96. The lowest BCUT2D eigenvalue weighted by Gasteiger charge is -2.15. The molecule has 1 aromatic carbocycles. The van der Waals surface area contributed by atoms with E-state index in [-0.39, 0.29) is 16.8 Å². The molecule has 3 N–H and O–H groups in total. The van der Waals surface area contributed by atoms with E-state index in [1.807, 2.05) is 0 Å². The van der Waals surface area contributed by atoms with Gasteiger partial charge in [-0.25, -0.2) is 13.6 Å². The first-order chi connectivity index (χ1) is 10.2. The predicted molar refractivity (Wildman–Crippen MR) is 84.1 cm³/mol. The highest BCUT2D eigenvalue weighted by molar-refractivity contribution is 7.89. The molecular weight excluding hydrogens is 326 g/mol. The van der Waals surface area contributed by atoms with Crippen LogP contribution in [-0.4, -0.2) is 18.9 Å². The fraction of sp³-hybridized carbons (Fsp3) is 0.214. The van der Waals surface area contributed by atoms with Crippen LogP contribution in [0.1, 0.15) is 29.0 Å². The summed E-state index contributed by atoms with van der Waals surface area (Å²) >= 11 is 5.85. The lowest BCUT2D eigenvalue weighted by molar-refractivity contribution is 0.0931. The number of halogens is 1. The molecule has 0 saturated carbocycles. The van der Waals surface area contributed by atoms with E-state index >= 15 is 0 Å². The summed E-state index contributed by atoms with van der Waals surface area (Å²) in [4.78, 5) is 12.2. The third kappa shape index (κ3) is 3.68. The fourth-order valence-corrected chi connectivity index (χ4v) is 2.82. The van der Waals surface area contributed by atoms with Gasteiger partial charge in [-0.2, -0.15) is 0 Å². The van der Waals surface area contributed by atoms with E-state index in [2.05, 4.69) is 5.32 Å². The van der Waals surface area contributed by atoms with Gasteiger partial charge in [0.1, 0.15) is 5.69 Å². The summed E-state index contributed by atoms with van der Waals surface area (Å²) in [5.74, 6) is -0.266. The van der Waals surface area contributed by atoms with Crippen LogP contribution >= 0.6 is 11.6 Å². The van der Waals surface area contributed by atoms with Crippen LogP contribution in [-0.2, 0) is 17.1 Å². The van der Waals surface area contributed by atoms with Crippen LogP contribution in [0.4, 0.5) is 0 Å². The van der Waals surface area contributed by atoms with Crippen molar-refractivity contribution in [1.29, 1.82) is 0 Å². The molecule has 1 amide bonds. The van der Waals surface area contributed by atoms with Crippen LogP contribution in [0.2, 0.25) is 5.02 Å². The van der Waals surface area contributed by atoms with Gasteiger partial charge in [0.25, 0.3) is 5.91 Å². The first kappa shape index (κ1) is 16.5. The van der Waals surface area contributed by atoms with Gasteiger partial charge in [0, 0.05) is 13.2 Å². The van der Waals surface area contributed by atoms with Gasteiger partial charge in [-0.1, -0.05) is 23.7 Å². The highest BCUT2D eigenvalue weighted by atomic mass is 35.5. The van der Waals surface area contributed by atoms with Gasteiger partial charge in [0.2, 0.25) is 10.0 Å². The normalized spacial score (nSPS) is 12.9. The summed E-state index contributed by atoms with van der Waals surface area (Å²) in [5.41, 5.74) is 1.21. The zero-order valence-corrected chi connectivity index (χ0v) is 13.6. The second kappa shape index (κ2) is 6.12. The Bertz CT molecular complexity index is 797. The average molecular weight is 342 g/mol. The largest absolute Gasteiger partial charge is 0.345 e. The lowest BCUT2D eigenvalue weighted by atomic mass is 10.1. The molecule has 0 aliphatic carbocycles. The molecule has 0 unspecified atom stereocenters. The van der Waals surface area contributed by atoms with E-state index in [1.165, 1.54) is 12.1 Å². The van der Waals surface area contributed by atoms with E-state index in [0.29, 0.717) is 10.7 Å². The highest BCUT2D eigenvalue weighted by Crippen LogP contribution is 2.17. The Kier molecular flexibility index (Phi) is 4.60. The van der Waals surface area contributed by atoms with E-state index in [9.17, 15) is 13.2 Å². The number of nitrogens with one attached hydrogen (secondary N) is 1. The summed E-state index contributed by atoms with van der Waals surface area (Å²) in [5, 5.41) is 8.36. The van der Waals surface area contributed by atoms with Crippen LogP contribution < -0.4 is 10.5 Å². The number of hydrogen-bond donors (Lipinski definition) is 2. The number of primary sulfonamides is 1. The molecule has 1 aromatic heterocycles. The van der Waals surface area contributed by atoms with Crippen molar-refractivity contribution < 1.29 is 13.2 Å². The number of carbonyl (C=O) groups is 1. The number of hydrogen-bond acceptors (Lipinski definition) is 3. The van der Waals surface area contributed by atoms with Crippen LogP contribution in [0, 0.1) is 0 Å². The molecule has 6 nitrogen and oxygen atoms in total. The monoisotopic (exact) mass is 341 g/mol. The number of sulfonamides is 1. The summed E-state index contributed by atoms with van der Waals surface area (Å²) in [6, 6.07) is 7.33. The quantitative estimate of drug-likeness (QED) is 0.888. The van der Waals surface area contributed by atoms with Gasteiger partial charge >= 0.3 is 0 Å². The highest BCUT2D eigenvalue weighted by Gasteiger charge is 2.15. The zero-order chi connectivity index (χ0) is 16.5. The van der Waals surface area contributed by atoms with Crippen molar-refractivity contribution in [2.24, 2.45) is 12.2 Å². The predicted octanol–water partition coefficient (Wildman–Crippen LogP) is 1.82. The molecule has 1 atom stereocenters. The minimum atomic E-state index is -3.72. The van der Waals surface area contributed by atoms with Crippen molar-refractivity contribution in [3.05, 3.63) is 52.8 Å². The van der Waals surface area contributed by atoms with Crippen LogP contribution in [0.5, 0.6) is 0 Å². The van der Waals surface area contributed by atoms with E-state index in [0.717, 1.165) is 5.56 Å². The molecule has 22 heavy (non-hydrogen) atoms. The third-order valence-electron chi connectivity index (χ3n) is 3.26. The topological polar surface area (TPSA) is 94.2 Å². The van der Waals surface area contributed by atoms with Crippen molar-refractivity contribution in [1.82, 2.24) is 9.88 Å². The molecule has 118 valence electrons. The number of benzene rings is 1. The Hall–Kier alpha value is -1.83. The number of amides is 1. The molecule has 0 spiro atoms. The van der Waals surface area contributed by atoms with Gasteiger partial charge in [0.15, 0.2) is 0 Å².